The van der Waals surface area contributed by atoms with Gasteiger partial charge >= 0.3 is 0 Å². The van der Waals surface area contributed by atoms with Crippen molar-refractivity contribution in [2.45, 2.75) is 47.1 Å². The van der Waals surface area contributed by atoms with Crippen LogP contribution in [0, 0.1) is 17.3 Å². The lowest BCUT2D eigenvalue weighted by Crippen LogP contribution is -2.14. The molecule has 0 atom stereocenters. The third-order valence-corrected chi connectivity index (χ3v) is 2.65. The normalized spacial score (nSPS) is 11.2. The van der Waals surface area contributed by atoms with Crippen LogP contribution >= 0.6 is 0 Å². The number of nitrogens with one attached hydrogen (secondary N) is 1. The second-order valence-corrected chi connectivity index (χ2v) is 6.05. The molecule has 1 nitrogen and oxygen atoms in total. The summed E-state index contributed by atoms with van der Waals surface area (Å²) < 4.78 is 0. The van der Waals surface area contributed by atoms with Crippen molar-refractivity contribution in [1.29, 1.82) is 0 Å². The molecule has 0 unspecified atom stereocenters. The van der Waals surface area contributed by atoms with E-state index in [1.165, 1.54) is 11.1 Å². The molecule has 0 saturated carbocycles. The minimum Gasteiger partial charge on any atom is -0.302 e. The molecule has 0 aromatic heterocycles. The molecule has 0 spiro atoms. The van der Waals surface area contributed by atoms with Gasteiger partial charge in [0.05, 0.1) is 6.54 Å². The first-order chi connectivity index (χ1) is 8.38. The van der Waals surface area contributed by atoms with E-state index in [1.54, 1.807) is 0 Å². The van der Waals surface area contributed by atoms with Crippen LogP contribution in [0.3, 0.4) is 0 Å². The van der Waals surface area contributed by atoms with Crippen LogP contribution in [0.15, 0.2) is 24.3 Å². The molecule has 1 rings (SSSR count). The Kier molecular flexibility index (Phi) is 5.44. The van der Waals surface area contributed by atoms with E-state index in [0.717, 1.165) is 13.1 Å². The summed E-state index contributed by atoms with van der Waals surface area (Å²) in [7, 11) is 0. The summed E-state index contributed by atoms with van der Waals surface area (Å²) in [5, 5.41) is 3.35. The van der Waals surface area contributed by atoms with Gasteiger partial charge in [0.15, 0.2) is 0 Å². The van der Waals surface area contributed by atoms with Gasteiger partial charge in [-0.1, -0.05) is 50.0 Å². The number of hydrogen-bond donors (Lipinski definition) is 1. The van der Waals surface area contributed by atoms with E-state index >= 15 is 0 Å². The Hall–Kier alpha value is -1.26. The zero-order valence-electron chi connectivity index (χ0n) is 12.3. The maximum absolute atomic E-state index is 3.35. The molecule has 0 radical (unpaired) electrons. The monoisotopic (exact) mass is 243 g/mol. The predicted molar refractivity (Wildman–Crippen MR) is 79.5 cm³/mol. The fraction of sp³-hybridized carbons (Fsp3) is 0.529. The maximum atomic E-state index is 3.35. The number of rotatable bonds is 4. The van der Waals surface area contributed by atoms with Crippen LogP contribution in [0.5, 0.6) is 0 Å². The molecular formula is C17H25N. The van der Waals surface area contributed by atoms with Crippen molar-refractivity contribution < 1.29 is 0 Å². The van der Waals surface area contributed by atoms with Gasteiger partial charge in [0.1, 0.15) is 0 Å². The van der Waals surface area contributed by atoms with Crippen LogP contribution < -0.4 is 5.32 Å². The van der Waals surface area contributed by atoms with E-state index in [1.807, 2.05) is 0 Å². The average Bonchev–Trinajstić information content (AvgIpc) is 2.27. The zero-order chi connectivity index (χ0) is 13.6. The van der Waals surface area contributed by atoms with Gasteiger partial charge in [0.2, 0.25) is 0 Å². The van der Waals surface area contributed by atoms with Crippen molar-refractivity contribution in [3.8, 4) is 11.8 Å². The largest absolute Gasteiger partial charge is 0.302 e. The van der Waals surface area contributed by atoms with Crippen molar-refractivity contribution in [3.63, 3.8) is 0 Å². The summed E-state index contributed by atoms with van der Waals surface area (Å²) in [5.74, 6) is 6.99. The van der Waals surface area contributed by atoms with Gasteiger partial charge in [0.25, 0.3) is 0 Å². The van der Waals surface area contributed by atoms with Gasteiger partial charge in [-0.3, -0.25) is 0 Å². The molecule has 0 bridgehead atoms. The molecule has 0 aliphatic carbocycles. The van der Waals surface area contributed by atoms with Crippen molar-refractivity contribution in [2.75, 3.05) is 6.54 Å². The third kappa shape index (κ3) is 5.89. The first-order valence-corrected chi connectivity index (χ1v) is 6.68. The predicted octanol–water partition coefficient (Wildman–Crippen LogP) is 3.95. The van der Waals surface area contributed by atoms with Crippen molar-refractivity contribution >= 4 is 0 Å². The summed E-state index contributed by atoms with van der Waals surface area (Å²) >= 11 is 0. The Bertz CT molecular complexity index is 410. The van der Waals surface area contributed by atoms with Gasteiger partial charge in [-0.05, 0) is 37.8 Å². The third-order valence-electron chi connectivity index (χ3n) is 2.65. The molecule has 98 valence electrons. The minimum absolute atomic E-state index is 0.0978. The molecular weight excluding hydrogens is 218 g/mol. The fourth-order valence-corrected chi connectivity index (χ4v) is 1.60. The standard InChI is InChI=1S/C17H25N/c1-14(2)16-9-7-15(8-10-16)13-18-12-6-11-17(3,4)5/h7-10,14,18H,12-13H2,1-5H3. The first kappa shape index (κ1) is 14.8. The second kappa shape index (κ2) is 6.61. The topological polar surface area (TPSA) is 12.0 Å². The van der Waals surface area contributed by atoms with Crippen LogP contribution in [0.4, 0.5) is 0 Å². The molecule has 0 saturated heterocycles. The molecule has 0 heterocycles. The maximum Gasteiger partial charge on any atom is 0.0579 e. The van der Waals surface area contributed by atoms with Gasteiger partial charge in [-0.2, -0.15) is 0 Å². The van der Waals surface area contributed by atoms with E-state index in [-0.39, 0.29) is 5.41 Å². The average molecular weight is 243 g/mol. The smallest absolute Gasteiger partial charge is 0.0579 e. The van der Waals surface area contributed by atoms with Crippen LogP contribution in [-0.2, 0) is 6.54 Å². The van der Waals surface area contributed by atoms with Gasteiger partial charge in [-0.25, -0.2) is 0 Å². The summed E-state index contributed by atoms with van der Waals surface area (Å²) in [4.78, 5) is 0. The summed E-state index contributed by atoms with van der Waals surface area (Å²) in [6.07, 6.45) is 0. The summed E-state index contributed by atoms with van der Waals surface area (Å²) in [6.45, 7) is 12.5. The van der Waals surface area contributed by atoms with Crippen molar-refractivity contribution in [1.82, 2.24) is 5.32 Å². The van der Waals surface area contributed by atoms with Crippen LogP contribution in [0.25, 0.3) is 0 Å². The van der Waals surface area contributed by atoms with Crippen LogP contribution in [-0.4, -0.2) is 6.54 Å². The molecule has 0 fully saturated rings. The lowest BCUT2D eigenvalue weighted by Gasteiger charge is -2.08. The number of benzene rings is 1. The fourth-order valence-electron chi connectivity index (χ4n) is 1.60. The summed E-state index contributed by atoms with van der Waals surface area (Å²) in [6, 6.07) is 8.81. The zero-order valence-corrected chi connectivity index (χ0v) is 12.3. The highest BCUT2D eigenvalue weighted by Crippen LogP contribution is 2.14. The van der Waals surface area contributed by atoms with E-state index in [0.29, 0.717) is 5.92 Å². The van der Waals surface area contributed by atoms with Gasteiger partial charge in [-0.15, -0.1) is 0 Å². The van der Waals surface area contributed by atoms with E-state index < -0.39 is 0 Å². The highest BCUT2D eigenvalue weighted by molar-refractivity contribution is 5.24. The molecule has 1 aromatic rings. The van der Waals surface area contributed by atoms with Crippen LogP contribution in [0.1, 0.15) is 51.7 Å². The second-order valence-electron chi connectivity index (χ2n) is 6.05. The van der Waals surface area contributed by atoms with Gasteiger partial charge in [0, 0.05) is 12.0 Å². The Morgan fingerprint density at radius 2 is 1.72 bits per heavy atom. The highest BCUT2D eigenvalue weighted by Gasteiger charge is 2.02. The summed E-state index contributed by atoms with van der Waals surface area (Å²) in [5.41, 5.74) is 2.81. The van der Waals surface area contributed by atoms with E-state index in [9.17, 15) is 0 Å². The molecule has 0 aliphatic rings. The lowest BCUT2D eigenvalue weighted by atomic mass is 9.98. The molecule has 18 heavy (non-hydrogen) atoms. The first-order valence-electron chi connectivity index (χ1n) is 6.68. The number of hydrogen-bond acceptors (Lipinski definition) is 1. The molecule has 0 amide bonds. The molecule has 0 aliphatic heterocycles. The minimum atomic E-state index is 0.0978. The Morgan fingerprint density at radius 3 is 2.22 bits per heavy atom. The lowest BCUT2D eigenvalue weighted by molar-refractivity contribution is 0.570. The highest BCUT2D eigenvalue weighted by atomic mass is 14.8. The Labute approximate surface area is 112 Å². The van der Waals surface area contributed by atoms with E-state index in [4.69, 9.17) is 0 Å². The molecule has 1 aromatic carbocycles. The van der Waals surface area contributed by atoms with Gasteiger partial charge < -0.3 is 5.32 Å². The quantitative estimate of drug-likeness (QED) is 0.623. The molecule has 1 heteroatoms. The SMILES string of the molecule is CC(C)c1ccc(CNCC#CC(C)(C)C)cc1. The Morgan fingerprint density at radius 1 is 1.11 bits per heavy atom. The molecule has 1 N–H and O–H groups in total. The van der Waals surface area contributed by atoms with E-state index in [2.05, 4.69) is 76.0 Å². The van der Waals surface area contributed by atoms with Crippen molar-refractivity contribution in [3.05, 3.63) is 35.4 Å². The Balaban J connectivity index is 2.38. The van der Waals surface area contributed by atoms with Crippen molar-refractivity contribution in [2.24, 2.45) is 5.41 Å². The van der Waals surface area contributed by atoms with Crippen LogP contribution in [0.2, 0.25) is 0 Å².